The Balaban J connectivity index is 1.67. The van der Waals surface area contributed by atoms with Crippen LogP contribution in [0, 0.1) is 11.3 Å². The van der Waals surface area contributed by atoms with Gasteiger partial charge in [-0.3, -0.25) is 4.90 Å². The van der Waals surface area contributed by atoms with E-state index < -0.39 is 0 Å². The van der Waals surface area contributed by atoms with E-state index in [0.717, 1.165) is 24.2 Å². The van der Waals surface area contributed by atoms with Gasteiger partial charge in [-0.15, -0.1) is 0 Å². The molecule has 4 saturated heterocycles. The standard InChI is InChI=1S/C22H26N2O3/c1-4-12-9-24-15-8-14(12)22(10-25)11-27-20(21(22)24)17-13-6-5-7-16(26-3)18(13)23(2)19(15)17/h4-7,14-15,20-21,25H,8-11H2,1-3H3/b12-4-/t14?,15-,20+,21-,22?/m0/s1. The molecule has 3 unspecified atom stereocenters. The molecule has 0 radical (unpaired) electrons. The summed E-state index contributed by atoms with van der Waals surface area (Å²) >= 11 is 0. The van der Waals surface area contributed by atoms with E-state index in [0.29, 0.717) is 18.6 Å². The highest BCUT2D eigenvalue weighted by molar-refractivity contribution is 5.91. The zero-order valence-electron chi connectivity index (χ0n) is 16.1. The molecule has 1 aromatic carbocycles. The summed E-state index contributed by atoms with van der Waals surface area (Å²) < 4.78 is 14.5. The van der Waals surface area contributed by atoms with Gasteiger partial charge in [0.1, 0.15) is 11.9 Å². The van der Waals surface area contributed by atoms with Gasteiger partial charge >= 0.3 is 0 Å². The first-order valence-corrected chi connectivity index (χ1v) is 9.94. The van der Waals surface area contributed by atoms with Crippen molar-refractivity contribution in [1.82, 2.24) is 9.47 Å². The molecule has 4 bridgehead atoms. The van der Waals surface area contributed by atoms with Gasteiger partial charge in [0.25, 0.3) is 0 Å². The number of piperidine rings is 3. The number of para-hydroxylation sites is 1. The second-order valence-corrected chi connectivity index (χ2v) is 8.62. The minimum Gasteiger partial charge on any atom is -0.495 e. The molecule has 0 spiro atoms. The van der Waals surface area contributed by atoms with Crippen molar-refractivity contribution in [3.05, 3.63) is 41.1 Å². The smallest absolute Gasteiger partial charge is 0.143 e. The van der Waals surface area contributed by atoms with Crippen LogP contribution in [0.2, 0.25) is 0 Å². The van der Waals surface area contributed by atoms with E-state index in [1.54, 1.807) is 7.11 Å². The van der Waals surface area contributed by atoms with Crippen LogP contribution in [0.5, 0.6) is 5.75 Å². The zero-order valence-corrected chi connectivity index (χ0v) is 16.1. The van der Waals surface area contributed by atoms with Crippen LogP contribution in [-0.2, 0) is 11.8 Å². The fourth-order valence-corrected chi connectivity index (χ4v) is 6.81. The van der Waals surface area contributed by atoms with E-state index in [9.17, 15) is 5.11 Å². The van der Waals surface area contributed by atoms with Crippen molar-refractivity contribution in [2.75, 3.05) is 26.9 Å². The number of aliphatic hydroxyl groups is 1. The van der Waals surface area contributed by atoms with E-state index >= 15 is 0 Å². The monoisotopic (exact) mass is 366 g/mol. The maximum absolute atomic E-state index is 10.5. The number of benzene rings is 1. The zero-order chi connectivity index (χ0) is 18.5. The fourth-order valence-electron chi connectivity index (χ4n) is 6.81. The van der Waals surface area contributed by atoms with E-state index in [-0.39, 0.29) is 24.2 Å². The molecule has 6 heterocycles. The predicted octanol–water partition coefficient (Wildman–Crippen LogP) is 2.94. The van der Waals surface area contributed by atoms with Crippen LogP contribution in [-0.4, -0.2) is 47.5 Å². The quantitative estimate of drug-likeness (QED) is 0.830. The topological polar surface area (TPSA) is 46.9 Å². The molecule has 0 saturated carbocycles. The molecule has 142 valence electrons. The van der Waals surface area contributed by atoms with E-state index in [4.69, 9.17) is 9.47 Å². The molecule has 1 aromatic heterocycles. The normalized spacial score (nSPS) is 40.0. The average Bonchev–Trinajstić information content (AvgIpc) is 3.27. The van der Waals surface area contributed by atoms with Crippen LogP contribution < -0.4 is 4.74 Å². The molecule has 6 atom stereocenters. The summed E-state index contributed by atoms with van der Waals surface area (Å²) in [6.07, 6.45) is 3.36. The second kappa shape index (κ2) is 5.16. The number of methoxy groups -OCH3 is 1. The minimum absolute atomic E-state index is 0.0282. The molecular weight excluding hydrogens is 340 g/mol. The molecular formula is C22H26N2O3. The molecule has 1 N–H and O–H groups in total. The lowest BCUT2D eigenvalue weighted by Crippen LogP contribution is -2.66. The summed E-state index contributed by atoms with van der Waals surface area (Å²) in [6.45, 7) is 3.97. The highest BCUT2D eigenvalue weighted by Crippen LogP contribution is 2.66. The number of ether oxygens (including phenoxy) is 2. The summed E-state index contributed by atoms with van der Waals surface area (Å²) in [5.41, 5.74) is 5.17. The van der Waals surface area contributed by atoms with Crippen molar-refractivity contribution in [3.8, 4) is 5.75 Å². The van der Waals surface area contributed by atoms with Gasteiger partial charge in [0, 0.05) is 35.7 Å². The summed E-state index contributed by atoms with van der Waals surface area (Å²) in [7, 11) is 3.91. The second-order valence-electron chi connectivity index (χ2n) is 8.62. The average molecular weight is 366 g/mol. The van der Waals surface area contributed by atoms with Crippen LogP contribution in [0.3, 0.4) is 0 Å². The Bertz CT molecular complexity index is 993. The Morgan fingerprint density at radius 2 is 2.26 bits per heavy atom. The van der Waals surface area contributed by atoms with E-state index in [1.807, 2.05) is 6.07 Å². The summed E-state index contributed by atoms with van der Waals surface area (Å²) in [6, 6.07) is 6.96. The molecule has 0 amide bonds. The van der Waals surface area contributed by atoms with Crippen molar-refractivity contribution in [2.24, 2.45) is 18.4 Å². The third-order valence-electron chi connectivity index (χ3n) is 7.88. The Hall–Kier alpha value is -1.82. The molecule has 0 aliphatic carbocycles. The van der Waals surface area contributed by atoms with Gasteiger partial charge in [-0.05, 0) is 25.3 Å². The fraction of sp³-hybridized carbons (Fsp3) is 0.545. The lowest BCUT2D eigenvalue weighted by molar-refractivity contribution is -0.102. The van der Waals surface area contributed by atoms with Crippen molar-refractivity contribution in [1.29, 1.82) is 0 Å². The SMILES string of the molecule is C/C=C1/CN2[C@H]3[C@@H]4OCC3(CO)C1C[C@H]2c1c4c2cccc(OC)c2n1C. The molecule has 4 fully saturated rings. The molecule has 5 nitrogen and oxygen atoms in total. The van der Waals surface area contributed by atoms with Gasteiger partial charge in [-0.2, -0.15) is 0 Å². The number of nitrogens with zero attached hydrogens (tertiary/aromatic N) is 2. The first-order chi connectivity index (χ1) is 13.2. The Kier molecular flexibility index (Phi) is 3.09. The summed E-state index contributed by atoms with van der Waals surface area (Å²) in [4.78, 5) is 2.62. The number of aliphatic hydroxyl groups excluding tert-OH is 1. The van der Waals surface area contributed by atoms with Crippen molar-refractivity contribution < 1.29 is 14.6 Å². The summed E-state index contributed by atoms with van der Waals surface area (Å²) in [5, 5.41) is 11.7. The number of hydrogen-bond donors (Lipinski definition) is 1. The number of hydrogen-bond acceptors (Lipinski definition) is 4. The number of aromatic nitrogens is 1. The Labute approximate surface area is 159 Å². The van der Waals surface area contributed by atoms with Crippen LogP contribution in [0.4, 0.5) is 0 Å². The van der Waals surface area contributed by atoms with Crippen LogP contribution in [0.25, 0.3) is 10.9 Å². The van der Waals surface area contributed by atoms with Gasteiger partial charge in [-0.25, -0.2) is 0 Å². The highest BCUT2D eigenvalue weighted by atomic mass is 16.5. The number of rotatable bonds is 2. The highest BCUT2D eigenvalue weighted by Gasteiger charge is 2.67. The number of aryl methyl sites for hydroxylation is 1. The largest absolute Gasteiger partial charge is 0.495 e. The predicted molar refractivity (Wildman–Crippen MR) is 103 cm³/mol. The Morgan fingerprint density at radius 1 is 1.41 bits per heavy atom. The molecule has 5 aliphatic heterocycles. The Morgan fingerprint density at radius 3 is 3.00 bits per heavy atom. The molecule has 27 heavy (non-hydrogen) atoms. The first-order valence-electron chi connectivity index (χ1n) is 9.94. The molecule has 5 heteroatoms. The first kappa shape index (κ1) is 16.2. The third kappa shape index (κ3) is 1.64. The van der Waals surface area contributed by atoms with Crippen LogP contribution in [0.15, 0.2) is 29.8 Å². The van der Waals surface area contributed by atoms with Crippen molar-refractivity contribution in [2.45, 2.75) is 31.5 Å². The van der Waals surface area contributed by atoms with E-state index in [2.05, 4.69) is 41.6 Å². The van der Waals surface area contributed by atoms with Crippen LogP contribution in [0.1, 0.15) is 36.7 Å². The summed E-state index contributed by atoms with van der Waals surface area (Å²) in [5.74, 6) is 1.32. The van der Waals surface area contributed by atoms with Crippen LogP contribution >= 0.6 is 0 Å². The van der Waals surface area contributed by atoms with Gasteiger partial charge < -0.3 is 19.1 Å². The minimum atomic E-state index is -0.167. The molecule has 2 aromatic rings. The molecule has 7 rings (SSSR count). The lowest BCUT2D eigenvalue weighted by atomic mass is 9.56. The molecule has 5 aliphatic rings. The van der Waals surface area contributed by atoms with Gasteiger partial charge in [-0.1, -0.05) is 23.8 Å². The number of fused-ring (bicyclic) bond motifs is 5. The van der Waals surface area contributed by atoms with Crippen molar-refractivity contribution in [3.63, 3.8) is 0 Å². The van der Waals surface area contributed by atoms with Gasteiger partial charge in [0.2, 0.25) is 0 Å². The van der Waals surface area contributed by atoms with E-state index in [1.165, 1.54) is 22.2 Å². The number of allylic oxidation sites excluding steroid dienone is 1. The van der Waals surface area contributed by atoms with Gasteiger partial charge in [0.05, 0.1) is 37.9 Å². The van der Waals surface area contributed by atoms with Crippen molar-refractivity contribution >= 4 is 10.9 Å². The maximum Gasteiger partial charge on any atom is 0.143 e. The van der Waals surface area contributed by atoms with Gasteiger partial charge in [0.15, 0.2) is 0 Å². The third-order valence-corrected chi connectivity index (χ3v) is 7.88. The lowest BCUT2D eigenvalue weighted by Gasteiger charge is -2.61. The maximum atomic E-state index is 10.5.